The second-order valence-corrected chi connectivity index (χ2v) is 7.79. The quantitative estimate of drug-likeness (QED) is 0.573. The zero-order valence-corrected chi connectivity index (χ0v) is 18.7. The number of hydrazone groups is 1. The Labute approximate surface area is 192 Å². The first-order valence-electron chi connectivity index (χ1n) is 10.6. The van der Waals surface area contributed by atoms with Gasteiger partial charge in [0, 0.05) is 11.1 Å². The van der Waals surface area contributed by atoms with Crippen molar-refractivity contribution in [2.45, 2.75) is 19.0 Å². The standard InChI is InChI=1S/C26H25N3O4/c1-17-8-10-19(11-9-17)25(30)27-23-24(18-12-14-21(32-2)15-13-18)29(28-26(23)31)16-20-6-4-5-7-22(20)33-3/h4-16,23-24H,1-3H3,(H-,27,28,30,31)/p+1/b29-16-/t23-,24-/m0/s1. The first-order valence-corrected chi connectivity index (χ1v) is 10.6. The molecule has 168 valence electrons. The second-order valence-electron chi connectivity index (χ2n) is 7.79. The summed E-state index contributed by atoms with van der Waals surface area (Å²) in [6.07, 6.45) is 1.81. The van der Waals surface area contributed by atoms with Gasteiger partial charge in [0.25, 0.3) is 5.91 Å². The number of aryl methyl sites for hydroxylation is 1. The van der Waals surface area contributed by atoms with E-state index in [2.05, 4.69) is 10.7 Å². The van der Waals surface area contributed by atoms with Crippen LogP contribution in [-0.2, 0) is 4.79 Å². The zero-order valence-electron chi connectivity index (χ0n) is 18.7. The van der Waals surface area contributed by atoms with Crippen LogP contribution < -0.4 is 20.2 Å². The second kappa shape index (κ2) is 9.56. The van der Waals surface area contributed by atoms with Gasteiger partial charge in [0.2, 0.25) is 12.3 Å². The summed E-state index contributed by atoms with van der Waals surface area (Å²) in [6, 6.07) is 20.9. The van der Waals surface area contributed by atoms with Gasteiger partial charge in [0.15, 0.2) is 6.04 Å². The minimum Gasteiger partial charge on any atom is -0.497 e. The Hall–Kier alpha value is -4.13. The van der Waals surface area contributed by atoms with Crippen LogP contribution in [0.1, 0.15) is 33.1 Å². The van der Waals surface area contributed by atoms with Crippen LogP contribution in [0.25, 0.3) is 0 Å². The van der Waals surface area contributed by atoms with Crippen LogP contribution in [0.4, 0.5) is 0 Å². The van der Waals surface area contributed by atoms with Crippen LogP contribution in [0.15, 0.2) is 72.8 Å². The number of hydrazine groups is 1. The van der Waals surface area contributed by atoms with Crippen molar-refractivity contribution in [3.8, 4) is 11.5 Å². The molecular formula is C26H26N3O4+. The molecule has 7 nitrogen and oxygen atoms in total. The third kappa shape index (κ3) is 4.72. The fourth-order valence-corrected chi connectivity index (χ4v) is 3.83. The molecule has 2 N–H and O–H groups in total. The van der Waals surface area contributed by atoms with Gasteiger partial charge in [-0.15, -0.1) is 10.1 Å². The highest BCUT2D eigenvalue weighted by Crippen LogP contribution is 2.28. The molecule has 4 rings (SSSR count). The summed E-state index contributed by atoms with van der Waals surface area (Å²) in [5.41, 5.74) is 6.07. The molecule has 3 aromatic rings. The van der Waals surface area contributed by atoms with Crippen LogP contribution in [0.5, 0.6) is 11.5 Å². The van der Waals surface area contributed by atoms with Gasteiger partial charge in [0.05, 0.1) is 19.8 Å². The minimum absolute atomic E-state index is 0.303. The fraction of sp³-hybridized carbons (Fsp3) is 0.192. The summed E-state index contributed by atoms with van der Waals surface area (Å²) in [5, 5.41) is 2.91. The number of ether oxygens (including phenoxy) is 2. The summed E-state index contributed by atoms with van der Waals surface area (Å²) in [6.45, 7) is 1.96. The molecule has 0 saturated carbocycles. The van der Waals surface area contributed by atoms with Gasteiger partial charge in [-0.1, -0.05) is 29.8 Å². The highest BCUT2D eigenvalue weighted by molar-refractivity contribution is 5.98. The number of carbonyl (C=O) groups excluding carboxylic acids is 2. The van der Waals surface area contributed by atoms with Gasteiger partial charge < -0.3 is 14.8 Å². The molecule has 1 saturated heterocycles. The van der Waals surface area contributed by atoms with E-state index in [1.165, 1.54) is 0 Å². The predicted molar refractivity (Wildman–Crippen MR) is 125 cm³/mol. The third-order valence-corrected chi connectivity index (χ3v) is 5.61. The monoisotopic (exact) mass is 444 g/mol. The van der Waals surface area contributed by atoms with Gasteiger partial charge in [-0.05, 0) is 55.5 Å². The third-order valence-electron chi connectivity index (χ3n) is 5.61. The lowest BCUT2D eigenvalue weighted by Crippen LogP contribution is -2.42. The Bertz CT molecular complexity index is 1190. The lowest BCUT2D eigenvalue weighted by Gasteiger charge is -2.15. The van der Waals surface area contributed by atoms with E-state index in [9.17, 15) is 9.59 Å². The molecule has 1 heterocycles. The smallest absolute Gasteiger partial charge is 0.304 e. The number of nitrogens with one attached hydrogen (secondary N) is 2. The molecule has 0 spiro atoms. The van der Waals surface area contributed by atoms with Crippen molar-refractivity contribution in [2.75, 3.05) is 14.2 Å². The largest absolute Gasteiger partial charge is 0.497 e. The summed E-state index contributed by atoms with van der Waals surface area (Å²) < 4.78 is 12.4. The summed E-state index contributed by atoms with van der Waals surface area (Å²) >= 11 is 0. The van der Waals surface area contributed by atoms with Crippen LogP contribution in [0.3, 0.4) is 0 Å². The zero-order chi connectivity index (χ0) is 23.4. The number of benzene rings is 3. The number of hydrogen-bond acceptors (Lipinski definition) is 4. The number of nitrogens with zero attached hydrogens (tertiary/aromatic N) is 1. The first kappa shape index (κ1) is 22.1. The normalized spacial score (nSPS) is 18.6. The molecule has 2 atom stereocenters. The van der Waals surface area contributed by atoms with Crippen molar-refractivity contribution in [3.05, 3.63) is 95.1 Å². The van der Waals surface area contributed by atoms with Gasteiger partial charge in [-0.3, -0.25) is 9.59 Å². The Kier molecular flexibility index (Phi) is 6.40. The van der Waals surface area contributed by atoms with Crippen molar-refractivity contribution in [1.82, 2.24) is 10.7 Å². The van der Waals surface area contributed by atoms with E-state index in [1.807, 2.05) is 73.8 Å². The minimum atomic E-state index is -0.807. The van der Waals surface area contributed by atoms with E-state index in [1.54, 1.807) is 31.0 Å². The van der Waals surface area contributed by atoms with Crippen molar-refractivity contribution in [2.24, 2.45) is 0 Å². The number of methoxy groups -OCH3 is 2. The van der Waals surface area contributed by atoms with Crippen LogP contribution in [0.2, 0.25) is 0 Å². The van der Waals surface area contributed by atoms with Gasteiger partial charge >= 0.3 is 5.91 Å². The number of amides is 2. The Morgan fingerprint density at radius 1 is 0.970 bits per heavy atom. The van der Waals surface area contributed by atoms with Gasteiger partial charge in [0.1, 0.15) is 11.5 Å². The molecular weight excluding hydrogens is 418 g/mol. The maximum atomic E-state index is 13.0. The fourth-order valence-electron chi connectivity index (χ4n) is 3.83. The lowest BCUT2D eigenvalue weighted by atomic mass is 9.99. The number of para-hydroxylation sites is 1. The Morgan fingerprint density at radius 3 is 2.33 bits per heavy atom. The van der Waals surface area contributed by atoms with Gasteiger partial charge in [-0.2, -0.15) is 0 Å². The average molecular weight is 445 g/mol. The van der Waals surface area contributed by atoms with Crippen molar-refractivity contribution in [1.29, 1.82) is 0 Å². The molecule has 0 bridgehead atoms. The molecule has 2 amide bonds. The molecule has 33 heavy (non-hydrogen) atoms. The number of carbonyl (C=O) groups is 2. The average Bonchev–Trinajstić information content (AvgIpc) is 3.14. The van der Waals surface area contributed by atoms with Crippen LogP contribution in [0, 0.1) is 6.92 Å². The van der Waals surface area contributed by atoms with E-state index < -0.39 is 12.1 Å². The number of hydrogen-bond donors (Lipinski definition) is 2. The summed E-state index contributed by atoms with van der Waals surface area (Å²) in [4.78, 5) is 26.0. The number of rotatable bonds is 6. The highest BCUT2D eigenvalue weighted by atomic mass is 16.5. The van der Waals surface area contributed by atoms with E-state index in [0.29, 0.717) is 17.1 Å². The van der Waals surface area contributed by atoms with Crippen LogP contribution in [-0.4, -0.2) is 43.0 Å². The highest BCUT2D eigenvalue weighted by Gasteiger charge is 2.48. The first-order chi connectivity index (χ1) is 16.0. The molecule has 0 radical (unpaired) electrons. The Morgan fingerprint density at radius 2 is 1.67 bits per heavy atom. The van der Waals surface area contributed by atoms with Crippen molar-refractivity contribution in [3.63, 3.8) is 0 Å². The van der Waals surface area contributed by atoms with Gasteiger partial charge in [-0.25, -0.2) is 0 Å². The van der Waals surface area contributed by atoms with E-state index in [-0.39, 0.29) is 11.8 Å². The van der Waals surface area contributed by atoms with Crippen LogP contribution >= 0.6 is 0 Å². The molecule has 1 aliphatic rings. The summed E-state index contributed by atoms with van der Waals surface area (Å²) in [5.74, 6) is 0.763. The summed E-state index contributed by atoms with van der Waals surface area (Å²) in [7, 11) is 3.20. The maximum Gasteiger partial charge on any atom is 0.304 e. The van der Waals surface area contributed by atoms with Crippen molar-refractivity contribution >= 4 is 18.0 Å². The molecule has 0 aromatic heterocycles. The van der Waals surface area contributed by atoms with E-state index >= 15 is 0 Å². The molecule has 1 aliphatic heterocycles. The van der Waals surface area contributed by atoms with E-state index in [0.717, 1.165) is 16.7 Å². The van der Waals surface area contributed by atoms with Crippen molar-refractivity contribution < 1.29 is 23.7 Å². The Balaban J connectivity index is 1.72. The molecule has 1 fully saturated rings. The SMILES string of the molecule is COc1ccc([C@H]2[C@H](NC(=O)c3ccc(C)cc3)C(=O)N/[N+]2=C\c2ccccc2OC)cc1. The predicted octanol–water partition coefficient (Wildman–Crippen LogP) is 3.03. The molecule has 0 aliphatic carbocycles. The molecule has 0 unspecified atom stereocenters. The van der Waals surface area contributed by atoms with E-state index in [4.69, 9.17) is 9.47 Å². The molecule has 3 aromatic carbocycles. The lowest BCUT2D eigenvalue weighted by molar-refractivity contribution is -0.596. The maximum absolute atomic E-state index is 13.0. The topological polar surface area (TPSA) is 79.7 Å². The molecule has 7 heteroatoms.